The lowest BCUT2D eigenvalue weighted by atomic mass is 10.1. The number of aromatic amines is 1. The largest absolute Gasteiger partial charge is 0.497 e. The van der Waals surface area contributed by atoms with Crippen LogP contribution >= 0.6 is 11.6 Å². The minimum Gasteiger partial charge on any atom is -0.497 e. The number of aromatic nitrogens is 4. The molecule has 0 fully saturated rings. The maximum atomic E-state index is 6.34. The predicted molar refractivity (Wildman–Crippen MR) is 96.9 cm³/mol. The lowest BCUT2D eigenvalue weighted by Crippen LogP contribution is -1.99. The second-order valence-corrected chi connectivity index (χ2v) is 5.92. The molecule has 0 bridgehead atoms. The molecule has 3 aromatic heterocycles. The molecule has 0 aliphatic rings. The van der Waals surface area contributed by atoms with E-state index in [-0.39, 0.29) is 0 Å². The van der Waals surface area contributed by atoms with Gasteiger partial charge in [-0.15, -0.1) is 0 Å². The monoisotopic (exact) mass is 341 g/mol. The van der Waals surface area contributed by atoms with Gasteiger partial charge in [-0.3, -0.25) is 4.68 Å². The minimum atomic E-state index is 0.632. The summed E-state index contributed by atoms with van der Waals surface area (Å²) in [7, 11) is 5.45. The van der Waals surface area contributed by atoms with Crippen LogP contribution in [0.25, 0.3) is 33.2 Å². The van der Waals surface area contributed by atoms with Gasteiger partial charge in [-0.1, -0.05) is 11.6 Å². The highest BCUT2D eigenvalue weighted by atomic mass is 35.5. The lowest BCUT2D eigenvalue weighted by molar-refractivity contribution is 0.415. The van der Waals surface area contributed by atoms with Crippen molar-refractivity contribution in [1.29, 1.82) is 0 Å². The van der Waals surface area contributed by atoms with Gasteiger partial charge in [0.15, 0.2) is 0 Å². The van der Waals surface area contributed by atoms with Gasteiger partial charge in [0.05, 0.1) is 34.4 Å². The number of anilines is 1. The van der Waals surface area contributed by atoms with Gasteiger partial charge in [0.2, 0.25) is 0 Å². The first-order chi connectivity index (χ1) is 11.6. The number of benzene rings is 1. The van der Waals surface area contributed by atoms with E-state index in [9.17, 15) is 0 Å². The summed E-state index contributed by atoms with van der Waals surface area (Å²) in [6.45, 7) is 0. The number of H-pyrrole nitrogens is 1. The zero-order valence-electron chi connectivity index (χ0n) is 13.5. The van der Waals surface area contributed by atoms with E-state index in [0.29, 0.717) is 5.02 Å². The summed E-state index contributed by atoms with van der Waals surface area (Å²) < 4.78 is 7.22. The first-order valence-electron chi connectivity index (χ1n) is 7.48. The first-order valence-corrected chi connectivity index (χ1v) is 7.86. The Morgan fingerprint density at radius 3 is 2.92 bits per heavy atom. The number of aryl methyl sites for hydroxylation is 1. The van der Waals surface area contributed by atoms with Crippen molar-refractivity contribution in [1.82, 2.24) is 19.7 Å². The normalized spacial score (nSPS) is 11.3. The average molecular weight is 342 g/mol. The Kier molecular flexibility index (Phi) is 3.35. The Labute approximate surface area is 143 Å². The smallest absolute Gasteiger partial charge is 0.140 e. The predicted octanol–water partition coefficient (Wildman–Crippen LogP) is 3.82. The third kappa shape index (κ3) is 2.03. The molecule has 0 radical (unpaired) electrons. The van der Waals surface area contributed by atoms with Gasteiger partial charge in [-0.2, -0.15) is 5.10 Å². The summed E-state index contributed by atoms with van der Waals surface area (Å²) >= 11 is 6.34. The van der Waals surface area contributed by atoms with Crippen LogP contribution in [0.4, 0.5) is 5.69 Å². The van der Waals surface area contributed by atoms with E-state index in [4.69, 9.17) is 16.3 Å². The quantitative estimate of drug-likeness (QED) is 0.594. The third-order valence-electron chi connectivity index (χ3n) is 4.20. The highest BCUT2D eigenvalue weighted by molar-refractivity contribution is 6.36. The van der Waals surface area contributed by atoms with E-state index in [0.717, 1.165) is 44.6 Å². The van der Waals surface area contributed by atoms with Crippen molar-refractivity contribution in [3.63, 3.8) is 0 Å². The number of pyridine rings is 1. The molecule has 7 heteroatoms. The SMILES string of the molecule is CNc1c(-c2c3cc(OC)ccc3nn2C)cnc2[nH]cc(Cl)c12. The molecule has 0 aliphatic carbocycles. The summed E-state index contributed by atoms with van der Waals surface area (Å²) in [6, 6.07) is 5.84. The molecule has 122 valence electrons. The number of nitrogens with one attached hydrogen (secondary N) is 2. The molecule has 4 aromatic rings. The van der Waals surface area contributed by atoms with E-state index in [2.05, 4.69) is 20.4 Å². The summed E-state index contributed by atoms with van der Waals surface area (Å²) in [5.74, 6) is 0.788. The zero-order chi connectivity index (χ0) is 16.8. The van der Waals surface area contributed by atoms with Gasteiger partial charge in [0, 0.05) is 37.4 Å². The Hall–Kier alpha value is -2.73. The fourth-order valence-corrected chi connectivity index (χ4v) is 3.36. The van der Waals surface area contributed by atoms with Gasteiger partial charge in [-0.25, -0.2) is 4.98 Å². The van der Waals surface area contributed by atoms with Crippen molar-refractivity contribution in [2.75, 3.05) is 19.5 Å². The summed E-state index contributed by atoms with van der Waals surface area (Å²) in [5, 5.41) is 10.4. The van der Waals surface area contributed by atoms with E-state index in [1.54, 1.807) is 13.3 Å². The Balaban J connectivity index is 2.09. The molecule has 0 saturated heterocycles. The molecule has 0 atom stereocenters. The number of hydrogen-bond acceptors (Lipinski definition) is 4. The number of fused-ring (bicyclic) bond motifs is 2. The van der Waals surface area contributed by atoms with Crippen LogP contribution in [-0.4, -0.2) is 33.9 Å². The Morgan fingerprint density at radius 1 is 1.33 bits per heavy atom. The minimum absolute atomic E-state index is 0.632. The fourth-order valence-electron chi connectivity index (χ4n) is 3.12. The number of hydrogen-bond donors (Lipinski definition) is 2. The fraction of sp³-hybridized carbons (Fsp3) is 0.176. The van der Waals surface area contributed by atoms with Crippen molar-refractivity contribution < 1.29 is 4.74 Å². The summed E-state index contributed by atoms with van der Waals surface area (Å²) in [6.07, 6.45) is 3.57. The molecule has 0 amide bonds. The van der Waals surface area contributed by atoms with Crippen molar-refractivity contribution in [2.24, 2.45) is 7.05 Å². The number of halogens is 1. The molecular weight excluding hydrogens is 326 g/mol. The Morgan fingerprint density at radius 2 is 2.17 bits per heavy atom. The van der Waals surface area contributed by atoms with Crippen molar-refractivity contribution >= 4 is 39.2 Å². The van der Waals surface area contributed by atoms with Crippen molar-refractivity contribution in [3.05, 3.63) is 35.6 Å². The third-order valence-corrected chi connectivity index (χ3v) is 4.50. The molecule has 6 nitrogen and oxygen atoms in total. The van der Waals surface area contributed by atoms with Gasteiger partial charge in [0.25, 0.3) is 0 Å². The maximum Gasteiger partial charge on any atom is 0.140 e. The molecule has 1 aromatic carbocycles. The molecule has 0 saturated carbocycles. The van der Waals surface area contributed by atoms with Crippen LogP contribution in [0.1, 0.15) is 0 Å². The van der Waals surface area contributed by atoms with Crippen molar-refractivity contribution in [2.45, 2.75) is 0 Å². The highest BCUT2D eigenvalue weighted by Crippen LogP contribution is 2.39. The standard InChI is InChI=1S/C17H16ClN5O/c1-19-15-11(7-20-17-14(15)12(18)8-21-17)16-10-6-9(24-3)4-5-13(10)22-23(16)2/h4-8H,1-3H3,(H2,19,20,21). The molecular formula is C17H16ClN5O. The van der Waals surface area contributed by atoms with Gasteiger partial charge in [0.1, 0.15) is 11.4 Å². The molecule has 3 heterocycles. The Bertz CT molecular complexity index is 1070. The van der Waals surface area contributed by atoms with E-state index in [1.807, 2.05) is 43.2 Å². The molecule has 24 heavy (non-hydrogen) atoms. The molecule has 0 unspecified atom stereocenters. The topological polar surface area (TPSA) is 67.8 Å². The van der Waals surface area contributed by atoms with E-state index >= 15 is 0 Å². The van der Waals surface area contributed by atoms with E-state index in [1.165, 1.54) is 0 Å². The number of nitrogens with zero attached hydrogens (tertiary/aromatic N) is 3. The van der Waals surface area contributed by atoms with Crippen LogP contribution in [-0.2, 0) is 7.05 Å². The molecule has 4 rings (SSSR count). The van der Waals surface area contributed by atoms with Gasteiger partial charge < -0.3 is 15.0 Å². The van der Waals surface area contributed by atoms with E-state index < -0.39 is 0 Å². The molecule has 2 N–H and O–H groups in total. The summed E-state index contributed by atoms with van der Waals surface area (Å²) in [4.78, 5) is 7.58. The number of rotatable bonds is 3. The van der Waals surface area contributed by atoms with Crippen molar-refractivity contribution in [3.8, 4) is 17.0 Å². The van der Waals surface area contributed by atoms with Crippen LogP contribution < -0.4 is 10.1 Å². The highest BCUT2D eigenvalue weighted by Gasteiger charge is 2.19. The van der Waals surface area contributed by atoms with Crippen LogP contribution in [0.5, 0.6) is 5.75 Å². The van der Waals surface area contributed by atoms with Crippen LogP contribution in [0.3, 0.4) is 0 Å². The zero-order valence-corrected chi connectivity index (χ0v) is 14.3. The summed E-state index contributed by atoms with van der Waals surface area (Å²) in [5.41, 5.74) is 4.46. The van der Waals surface area contributed by atoms with Gasteiger partial charge >= 0.3 is 0 Å². The average Bonchev–Trinajstić information content (AvgIpc) is 3.13. The number of ether oxygens (including phenoxy) is 1. The lowest BCUT2D eigenvalue weighted by Gasteiger charge is -2.11. The first kappa shape index (κ1) is 14.8. The van der Waals surface area contributed by atoms with Crippen LogP contribution in [0, 0.1) is 0 Å². The molecule has 0 aliphatic heterocycles. The second kappa shape index (κ2) is 5.42. The number of methoxy groups -OCH3 is 1. The van der Waals surface area contributed by atoms with Crippen LogP contribution in [0.15, 0.2) is 30.6 Å². The maximum absolute atomic E-state index is 6.34. The molecule has 0 spiro atoms. The van der Waals surface area contributed by atoms with Crippen LogP contribution in [0.2, 0.25) is 5.02 Å². The second-order valence-electron chi connectivity index (χ2n) is 5.51. The van der Waals surface area contributed by atoms with Gasteiger partial charge in [-0.05, 0) is 18.2 Å².